The third kappa shape index (κ3) is 17.2. The van der Waals surface area contributed by atoms with Gasteiger partial charge in [0, 0.05) is 20.8 Å². The van der Waals surface area contributed by atoms with Crippen LogP contribution in [0, 0.1) is 0 Å². The first kappa shape index (κ1) is 78.7. The molecule has 556 valence electrons. The Morgan fingerprint density at radius 1 is 0.292 bits per heavy atom. The third-order valence-corrected chi connectivity index (χ3v) is 17.7. The molecular weight excluding hydrogens is 1310 g/mol. The molecule has 96 heavy (non-hydrogen) atoms. The van der Waals surface area contributed by atoms with Crippen LogP contribution in [0.1, 0.15) is 34.6 Å². The van der Waals surface area contributed by atoms with Gasteiger partial charge in [-0.25, -0.2) is 0 Å². The van der Waals surface area contributed by atoms with Crippen molar-refractivity contribution >= 4 is 17.7 Å². The maximum absolute atomic E-state index is 13.2. The summed E-state index contributed by atoms with van der Waals surface area (Å²) >= 11 is 0. The molecule has 0 saturated carbocycles. The first-order chi connectivity index (χ1) is 45.3. The van der Waals surface area contributed by atoms with Crippen LogP contribution >= 0.6 is 0 Å². The lowest BCUT2D eigenvalue weighted by molar-refractivity contribution is -0.390. The van der Waals surface area contributed by atoms with Crippen molar-refractivity contribution in [1.82, 2.24) is 16.0 Å². The molecule has 0 spiro atoms. The maximum Gasteiger partial charge on any atom is 0.217 e. The average molecular weight is 1410 g/mol. The maximum atomic E-state index is 13.2. The molecule has 42 nitrogen and oxygen atoms in total. The first-order valence-electron chi connectivity index (χ1n) is 30.8. The first-order valence-corrected chi connectivity index (χ1v) is 30.8. The van der Waals surface area contributed by atoms with E-state index in [1.54, 1.807) is 0 Å². The largest absolute Gasteiger partial charge is 0.394 e. The van der Waals surface area contributed by atoms with Crippen molar-refractivity contribution in [2.45, 2.75) is 280 Å². The van der Waals surface area contributed by atoms with Gasteiger partial charge in [0.1, 0.15) is 183 Å². The van der Waals surface area contributed by atoms with E-state index in [0.29, 0.717) is 0 Å². The second-order valence-electron chi connectivity index (χ2n) is 24.6. The second kappa shape index (κ2) is 33.8. The number of carbonyl (C=O) groups is 3. The van der Waals surface area contributed by atoms with E-state index in [1.807, 2.05) is 0 Å². The third-order valence-electron chi connectivity index (χ3n) is 17.7. The molecule has 8 saturated heterocycles. The van der Waals surface area contributed by atoms with Gasteiger partial charge in [0.2, 0.25) is 17.7 Å². The van der Waals surface area contributed by atoms with Crippen LogP contribution in [0.15, 0.2) is 0 Å². The molecule has 40 atom stereocenters. The highest BCUT2D eigenvalue weighted by Gasteiger charge is 2.59. The number of aliphatic hydroxyl groups excluding tert-OH is 21. The molecule has 8 heterocycles. The summed E-state index contributed by atoms with van der Waals surface area (Å²) in [6.07, 6.45) is -71.9. The summed E-state index contributed by atoms with van der Waals surface area (Å²) in [6.45, 7) is -0.473. The van der Waals surface area contributed by atoms with Crippen LogP contribution in [0.3, 0.4) is 0 Å². The lowest BCUT2D eigenvalue weighted by Gasteiger charge is -2.51. The predicted molar refractivity (Wildman–Crippen MR) is 296 cm³/mol. The van der Waals surface area contributed by atoms with Gasteiger partial charge in [-0.15, -0.1) is 0 Å². The molecule has 3 amide bonds. The normalized spacial score (nSPS) is 50.3. The Morgan fingerprint density at radius 3 is 1.20 bits per heavy atom. The molecule has 24 N–H and O–H groups in total. The fourth-order valence-corrected chi connectivity index (χ4v) is 12.4. The Labute approximate surface area is 545 Å². The summed E-state index contributed by atoms with van der Waals surface area (Å²) in [4.78, 5) is 38.3. The van der Waals surface area contributed by atoms with Gasteiger partial charge in [-0.3, -0.25) is 14.4 Å². The highest BCUT2D eigenvalue weighted by Crippen LogP contribution is 2.39. The van der Waals surface area contributed by atoms with E-state index in [2.05, 4.69) is 16.0 Å². The Morgan fingerprint density at radius 2 is 0.656 bits per heavy atom. The highest BCUT2D eigenvalue weighted by atomic mass is 16.8. The quantitative estimate of drug-likeness (QED) is 0.0452. The van der Waals surface area contributed by atoms with Crippen LogP contribution in [0.4, 0.5) is 0 Å². The number of amides is 3. The van der Waals surface area contributed by atoms with E-state index in [-0.39, 0.29) is 0 Å². The van der Waals surface area contributed by atoms with Gasteiger partial charge in [-0.2, -0.15) is 0 Å². The molecule has 0 aromatic carbocycles. The number of nitrogens with one attached hydrogen (secondary N) is 3. The van der Waals surface area contributed by atoms with Crippen molar-refractivity contribution < 1.29 is 193 Å². The topological polar surface area (TPSA) is 651 Å². The zero-order chi connectivity index (χ0) is 70.8. The number of carbonyl (C=O) groups excluding carboxylic acids is 3. The van der Waals surface area contributed by atoms with E-state index >= 15 is 0 Å². The van der Waals surface area contributed by atoms with E-state index in [0.717, 1.165) is 20.8 Å². The lowest BCUT2D eigenvalue weighted by Crippen LogP contribution is -2.71. The Balaban J connectivity index is 1.12. The van der Waals surface area contributed by atoms with Crippen LogP contribution in [-0.2, 0) is 85.4 Å². The van der Waals surface area contributed by atoms with Gasteiger partial charge < -0.3 is 194 Å². The molecule has 8 fully saturated rings. The number of ether oxygens (including phenoxy) is 15. The van der Waals surface area contributed by atoms with E-state index in [1.165, 1.54) is 13.8 Å². The molecule has 8 rings (SSSR count). The fraction of sp³-hybridized carbons (Fsp3) is 0.944. The van der Waals surface area contributed by atoms with E-state index in [4.69, 9.17) is 71.1 Å². The highest BCUT2D eigenvalue weighted by molar-refractivity contribution is 5.74. The minimum Gasteiger partial charge on any atom is -0.394 e. The minimum absolute atomic E-state index is 0.801. The van der Waals surface area contributed by atoms with Crippen LogP contribution in [-0.4, -0.2) is 410 Å². The molecule has 0 aliphatic carbocycles. The Hall–Kier alpha value is -3.03. The van der Waals surface area contributed by atoms with Crippen molar-refractivity contribution in [2.75, 3.05) is 39.6 Å². The molecule has 8 aliphatic rings. The molecule has 0 radical (unpaired) electrons. The van der Waals surface area contributed by atoms with Gasteiger partial charge in [-0.05, 0) is 13.8 Å². The monoisotopic (exact) mass is 1410 g/mol. The van der Waals surface area contributed by atoms with Crippen LogP contribution in [0.2, 0.25) is 0 Å². The summed E-state index contributed by atoms with van der Waals surface area (Å²) in [6, 6.07) is -5.42. The second-order valence-corrected chi connectivity index (χ2v) is 24.6. The number of hydrogen-bond acceptors (Lipinski definition) is 39. The number of aliphatic hydroxyl groups is 21. The van der Waals surface area contributed by atoms with Gasteiger partial charge in [0.05, 0.1) is 51.8 Å². The zero-order valence-corrected chi connectivity index (χ0v) is 52.1. The van der Waals surface area contributed by atoms with Crippen LogP contribution in [0.25, 0.3) is 0 Å². The van der Waals surface area contributed by atoms with Crippen molar-refractivity contribution in [2.24, 2.45) is 0 Å². The molecule has 0 unspecified atom stereocenters. The molecule has 0 bridgehead atoms. The van der Waals surface area contributed by atoms with Gasteiger partial charge >= 0.3 is 0 Å². The van der Waals surface area contributed by atoms with Gasteiger partial charge in [-0.1, -0.05) is 0 Å². The molecular formula is C54H91N3O39. The van der Waals surface area contributed by atoms with Crippen molar-refractivity contribution in [3.63, 3.8) is 0 Å². The summed E-state index contributed by atoms with van der Waals surface area (Å²) in [5.41, 5.74) is 0. The van der Waals surface area contributed by atoms with E-state index < -0.39 is 303 Å². The van der Waals surface area contributed by atoms with Crippen LogP contribution < -0.4 is 16.0 Å². The summed E-state index contributed by atoms with van der Waals surface area (Å²) < 4.78 is 88.9. The number of hydrogen-bond donors (Lipinski definition) is 24. The summed E-state index contributed by atoms with van der Waals surface area (Å²) in [7, 11) is 0. The summed E-state index contributed by atoms with van der Waals surface area (Å²) in [5.74, 6) is -2.61. The molecule has 0 aromatic rings. The SMILES string of the molecule is CC(=O)N[C@@H]1[C@@H](O[C@@H]2O[C@@H](C)[C@@H](O)[C@@H](O)[C@@H]2O)[C@H](O[C@@H]2O[C@H](CO)[C@@H](O[C@@H]3O[C@H](CO[C@H]4O[C@H](CO)[C@@H](O)[C@H](O)[C@@H]4O[C@@H]4O[C@H](CO)[C@@H](O)[C@H](O)[C@H]4NC(C)=O)[C@@H](O)[C@H](O[C@H]4O[C@H](CO)[C@@H](O)[C@H](O)[C@@H]4O)[C@@H]3O)[C@H](O)[C@H]2NC(C)=O)[C@@H](CO[C@@H]2O[C@@H](C)[C@@H](O)[C@@H](O)[C@@H]2O)O[C@H]1O. The standard InChI is InChI=1S/C54H91N3O39/c1-12-26(65)34(73)38(77)50(84-12)82-11-22-43(44(25(47(81)86-22)57-16(5)64)94-51-39(78)35(74)27(66)13(2)85-51)93-49-24(56-15(4)63)33(72)42(20(9-61)90-49)92-53-41(80)45(95-52-40(79)36(75)29(68)18(7-59)88-52)31(70)21(91-53)10-83-54-46(37(76)30(69)19(8-60)89-54)96-48-23(55-14(3)62)32(71)28(67)17(6-58)87-48/h12-13,17-54,58-61,65-81H,6-11H2,1-5H3,(H,55,62)(H,56,63)(H,57,64)/t12-,13-,17+,18+,19+,20+,21+,22+,23+,24+,25+,26+,27+,28+,29+,30+,31+,32+,33+,34+,35+,36-,37-,38-,39-,40-,41-,42+,43+,44+,45-,46-,47+,48-,49-,50+,51-,52+,53-,54-/m0/s1. The lowest BCUT2D eigenvalue weighted by atomic mass is 9.93. The zero-order valence-electron chi connectivity index (χ0n) is 52.1. The van der Waals surface area contributed by atoms with Crippen molar-refractivity contribution in [3.05, 3.63) is 0 Å². The van der Waals surface area contributed by atoms with Gasteiger partial charge in [0.25, 0.3) is 0 Å². The van der Waals surface area contributed by atoms with Crippen molar-refractivity contribution in [1.29, 1.82) is 0 Å². The fourth-order valence-electron chi connectivity index (χ4n) is 12.4. The van der Waals surface area contributed by atoms with Crippen LogP contribution in [0.5, 0.6) is 0 Å². The van der Waals surface area contributed by atoms with Crippen molar-refractivity contribution in [3.8, 4) is 0 Å². The molecule has 42 heteroatoms. The average Bonchev–Trinajstić information content (AvgIpc) is 0.773. The smallest absolute Gasteiger partial charge is 0.217 e. The van der Waals surface area contributed by atoms with Gasteiger partial charge in [0.15, 0.2) is 50.3 Å². The van der Waals surface area contributed by atoms with E-state index in [9.17, 15) is 122 Å². The summed E-state index contributed by atoms with van der Waals surface area (Å²) in [5, 5.41) is 238. The Kier molecular flexibility index (Phi) is 27.7. The molecule has 0 aromatic heterocycles. The Bertz CT molecular complexity index is 2470. The predicted octanol–water partition coefficient (Wildman–Crippen LogP) is -16.0. The molecule has 8 aliphatic heterocycles. The minimum atomic E-state index is -2.40. The number of rotatable bonds is 23.